The lowest BCUT2D eigenvalue weighted by Gasteiger charge is -2.32. The van der Waals surface area contributed by atoms with Crippen LogP contribution < -0.4 is 4.74 Å². The summed E-state index contributed by atoms with van der Waals surface area (Å²) >= 11 is 0. The Hall–Kier alpha value is -4.20. The molecule has 5 rings (SSSR count). The van der Waals surface area contributed by atoms with Crippen molar-refractivity contribution in [2.45, 2.75) is 18.9 Å². The van der Waals surface area contributed by atoms with Crippen molar-refractivity contribution >= 4 is 16.9 Å². The molecule has 1 saturated heterocycles. The quantitative estimate of drug-likeness (QED) is 0.463. The second-order valence-electron chi connectivity index (χ2n) is 7.91. The van der Waals surface area contributed by atoms with Crippen LogP contribution in [0, 0.1) is 0 Å². The van der Waals surface area contributed by atoms with Crippen molar-refractivity contribution in [3.8, 4) is 28.6 Å². The first-order chi connectivity index (χ1) is 16.1. The van der Waals surface area contributed by atoms with Crippen molar-refractivity contribution in [3.63, 3.8) is 0 Å². The molecule has 0 saturated carbocycles. The number of benzene rings is 2. The van der Waals surface area contributed by atoms with Crippen molar-refractivity contribution in [1.82, 2.24) is 24.6 Å². The van der Waals surface area contributed by atoms with Gasteiger partial charge in [-0.15, -0.1) is 0 Å². The first kappa shape index (κ1) is 20.7. The molecular weight excluding hydrogens is 418 g/mol. The maximum atomic E-state index is 12.2. The van der Waals surface area contributed by atoms with E-state index in [0.29, 0.717) is 35.6 Å². The van der Waals surface area contributed by atoms with Crippen LogP contribution in [0.4, 0.5) is 0 Å². The van der Waals surface area contributed by atoms with E-state index in [-0.39, 0.29) is 17.8 Å². The van der Waals surface area contributed by atoms with Gasteiger partial charge in [0.2, 0.25) is 11.8 Å². The molecule has 4 aromatic rings. The molecule has 8 nitrogen and oxygen atoms in total. The lowest BCUT2D eigenvalue weighted by atomic mass is 10.1. The number of nitrogens with zero attached hydrogens (tertiary/aromatic N) is 5. The van der Waals surface area contributed by atoms with Gasteiger partial charge in [-0.1, -0.05) is 24.8 Å². The number of rotatable bonds is 5. The average molecular weight is 441 g/mol. The number of carbonyl (C=O) groups is 1. The van der Waals surface area contributed by atoms with E-state index in [4.69, 9.17) is 9.84 Å². The third-order valence-corrected chi connectivity index (χ3v) is 5.80. The van der Waals surface area contributed by atoms with Crippen LogP contribution in [0.3, 0.4) is 0 Å². The lowest BCUT2D eigenvalue weighted by Crippen LogP contribution is -2.40. The molecule has 1 N–H and O–H groups in total. The number of para-hydroxylation sites is 1. The molecule has 1 fully saturated rings. The number of amides is 1. The number of hydrogen-bond acceptors (Lipinski definition) is 6. The van der Waals surface area contributed by atoms with Gasteiger partial charge in [0.05, 0.1) is 6.04 Å². The number of carbonyl (C=O) groups excluding carboxylic acids is 1. The second-order valence-corrected chi connectivity index (χ2v) is 7.91. The topological polar surface area (TPSA) is 93.4 Å². The van der Waals surface area contributed by atoms with Crippen LogP contribution in [0.5, 0.6) is 17.4 Å². The molecule has 166 valence electrons. The van der Waals surface area contributed by atoms with E-state index in [1.165, 1.54) is 12.4 Å². The molecule has 0 spiro atoms. The molecule has 1 aliphatic rings. The summed E-state index contributed by atoms with van der Waals surface area (Å²) in [5, 5.41) is 15.9. The number of hydrogen-bond donors (Lipinski definition) is 1. The molecule has 1 aliphatic heterocycles. The summed E-state index contributed by atoms with van der Waals surface area (Å²) in [5.74, 6) is 1.23. The van der Waals surface area contributed by atoms with Crippen molar-refractivity contribution in [2.75, 3.05) is 13.1 Å². The van der Waals surface area contributed by atoms with Crippen molar-refractivity contribution in [3.05, 3.63) is 73.6 Å². The van der Waals surface area contributed by atoms with Crippen molar-refractivity contribution in [1.29, 1.82) is 0 Å². The monoisotopic (exact) mass is 441 g/mol. The highest BCUT2D eigenvalue weighted by molar-refractivity contribution is 5.95. The maximum Gasteiger partial charge on any atom is 0.246 e. The third-order valence-electron chi connectivity index (χ3n) is 5.80. The molecule has 0 unspecified atom stereocenters. The minimum absolute atomic E-state index is 0.0612. The summed E-state index contributed by atoms with van der Waals surface area (Å²) < 4.78 is 7.69. The van der Waals surface area contributed by atoms with Crippen molar-refractivity contribution in [2.24, 2.45) is 0 Å². The molecule has 2 aromatic carbocycles. The van der Waals surface area contributed by atoms with Crippen LogP contribution in [-0.4, -0.2) is 48.8 Å². The Balaban J connectivity index is 1.50. The fourth-order valence-corrected chi connectivity index (χ4v) is 4.20. The number of fused-ring (bicyclic) bond motifs is 1. The van der Waals surface area contributed by atoms with Gasteiger partial charge in [0.15, 0.2) is 5.65 Å². The molecule has 0 bridgehead atoms. The average Bonchev–Trinajstić information content (AvgIpc) is 3.26. The van der Waals surface area contributed by atoms with E-state index >= 15 is 0 Å². The predicted molar refractivity (Wildman–Crippen MR) is 124 cm³/mol. The molecule has 2 aromatic heterocycles. The van der Waals surface area contributed by atoms with Crippen molar-refractivity contribution < 1.29 is 14.6 Å². The summed E-state index contributed by atoms with van der Waals surface area (Å²) in [5.41, 5.74) is 1.93. The molecule has 0 aliphatic carbocycles. The largest absolute Gasteiger partial charge is 0.493 e. The first-order valence-electron chi connectivity index (χ1n) is 10.8. The highest BCUT2D eigenvalue weighted by Crippen LogP contribution is 2.36. The fourth-order valence-electron chi connectivity index (χ4n) is 4.20. The molecule has 33 heavy (non-hydrogen) atoms. The molecule has 1 amide bonds. The summed E-state index contributed by atoms with van der Waals surface area (Å²) in [7, 11) is 0. The normalized spacial score (nSPS) is 16.0. The Labute approximate surface area is 190 Å². The van der Waals surface area contributed by atoms with Gasteiger partial charge in [-0.3, -0.25) is 4.79 Å². The minimum Gasteiger partial charge on any atom is -0.493 e. The van der Waals surface area contributed by atoms with Gasteiger partial charge in [0.25, 0.3) is 0 Å². The summed E-state index contributed by atoms with van der Waals surface area (Å²) in [6.45, 7) is 4.80. The van der Waals surface area contributed by atoms with E-state index in [9.17, 15) is 9.90 Å². The maximum absolute atomic E-state index is 12.2. The van der Waals surface area contributed by atoms with Crippen LogP contribution in [-0.2, 0) is 4.79 Å². The smallest absolute Gasteiger partial charge is 0.246 e. The zero-order valence-electron chi connectivity index (χ0n) is 18.0. The zero-order valence-corrected chi connectivity index (χ0v) is 18.0. The fraction of sp³-hybridized carbons (Fsp3) is 0.200. The number of ether oxygens (including phenoxy) is 1. The standard InChI is InChI=1S/C25H23N5O3/c1-2-21(31)29-14-6-7-18(15-29)30-24-22(25(32)27-16-26-24)23(28-30)17-10-12-20(13-11-17)33-19-8-4-3-5-9-19/h2-5,8-13,16,18H,1,6-7,14-15H2,(H,26,27,32)/t18-/m1/s1. The van der Waals surface area contributed by atoms with Crippen LogP contribution >= 0.6 is 0 Å². The summed E-state index contributed by atoms with van der Waals surface area (Å²) in [6.07, 6.45) is 4.36. The summed E-state index contributed by atoms with van der Waals surface area (Å²) in [4.78, 5) is 22.3. The van der Waals surface area contributed by atoms with Gasteiger partial charge in [-0.2, -0.15) is 5.10 Å². The Kier molecular flexibility index (Phi) is 5.48. The van der Waals surface area contributed by atoms with E-state index < -0.39 is 0 Å². The first-order valence-corrected chi connectivity index (χ1v) is 10.8. The second kappa shape index (κ2) is 8.74. The van der Waals surface area contributed by atoms with E-state index in [1.807, 2.05) is 59.3 Å². The number of aromatic hydroxyl groups is 1. The van der Waals surface area contributed by atoms with Crippen LogP contribution in [0.1, 0.15) is 18.9 Å². The predicted octanol–water partition coefficient (Wildman–Crippen LogP) is 4.34. The van der Waals surface area contributed by atoms with Gasteiger partial charge >= 0.3 is 0 Å². The van der Waals surface area contributed by atoms with Gasteiger partial charge < -0.3 is 14.7 Å². The Morgan fingerprint density at radius 1 is 1.09 bits per heavy atom. The minimum atomic E-state index is -0.124. The van der Waals surface area contributed by atoms with Crippen LogP contribution in [0.15, 0.2) is 73.6 Å². The Morgan fingerprint density at radius 2 is 1.85 bits per heavy atom. The van der Waals surface area contributed by atoms with E-state index in [0.717, 1.165) is 24.2 Å². The third kappa shape index (κ3) is 4.03. The molecule has 0 radical (unpaired) electrons. The molecule has 1 atom stereocenters. The highest BCUT2D eigenvalue weighted by atomic mass is 16.5. The van der Waals surface area contributed by atoms with Gasteiger partial charge in [-0.25, -0.2) is 14.6 Å². The summed E-state index contributed by atoms with van der Waals surface area (Å²) in [6, 6.07) is 17.0. The zero-order chi connectivity index (χ0) is 22.8. The number of likely N-dealkylation sites (tertiary alicyclic amines) is 1. The molecular formula is C25H23N5O3. The van der Waals surface area contributed by atoms with Gasteiger partial charge in [0, 0.05) is 18.7 Å². The van der Waals surface area contributed by atoms with Crippen LogP contribution in [0.25, 0.3) is 22.3 Å². The van der Waals surface area contributed by atoms with Gasteiger partial charge in [0.1, 0.15) is 28.9 Å². The van der Waals surface area contributed by atoms with Crippen LogP contribution in [0.2, 0.25) is 0 Å². The Morgan fingerprint density at radius 3 is 2.61 bits per heavy atom. The lowest BCUT2D eigenvalue weighted by molar-refractivity contribution is -0.127. The number of aromatic nitrogens is 4. The van der Waals surface area contributed by atoms with E-state index in [1.54, 1.807) is 4.90 Å². The van der Waals surface area contributed by atoms with Gasteiger partial charge in [-0.05, 0) is 55.3 Å². The number of piperidine rings is 1. The highest BCUT2D eigenvalue weighted by Gasteiger charge is 2.28. The molecule has 3 heterocycles. The SMILES string of the molecule is C=CC(=O)N1CCC[C@@H](n2nc(-c3ccc(Oc4ccccc4)cc3)c3c(O)ncnc32)C1. The Bertz CT molecular complexity index is 1300. The van der Waals surface area contributed by atoms with E-state index in [2.05, 4.69) is 16.5 Å². The molecule has 8 heteroatoms.